The molecular formula is C18H24Cl2N4S. The molecule has 2 aromatic rings. The zero-order chi connectivity index (χ0) is 17.9. The third-order valence-corrected chi connectivity index (χ3v) is 4.91. The molecular weight excluding hydrogens is 375 g/mol. The van der Waals surface area contributed by atoms with Gasteiger partial charge in [-0.2, -0.15) is 0 Å². The molecule has 1 aliphatic carbocycles. The van der Waals surface area contributed by atoms with Gasteiger partial charge < -0.3 is 4.57 Å². The van der Waals surface area contributed by atoms with Crippen LogP contribution in [-0.4, -0.2) is 20.8 Å². The predicted molar refractivity (Wildman–Crippen MR) is 110 cm³/mol. The van der Waals surface area contributed by atoms with Crippen molar-refractivity contribution in [2.45, 2.75) is 39.3 Å². The van der Waals surface area contributed by atoms with Gasteiger partial charge in [-0.15, -0.1) is 0 Å². The fourth-order valence-electron chi connectivity index (χ4n) is 2.49. The fourth-order valence-corrected chi connectivity index (χ4v) is 3.52. The van der Waals surface area contributed by atoms with E-state index >= 15 is 0 Å². The Kier molecular flexibility index (Phi) is 8.19. The highest BCUT2D eigenvalue weighted by atomic mass is 35.5. The number of pyridine rings is 1. The SMILES string of the molecule is C.CC.CSc1ncc2cc(C3=C(Cl)CCC=C3Cl)c(=N)n(C)c2n1. The molecule has 25 heavy (non-hydrogen) atoms. The number of aryl methyl sites for hydroxylation is 1. The largest absolute Gasteiger partial charge is 0.313 e. The number of hydrogen-bond donors (Lipinski definition) is 1. The van der Waals surface area contributed by atoms with Crippen molar-refractivity contribution in [3.05, 3.63) is 39.5 Å². The molecule has 2 heterocycles. The first-order chi connectivity index (χ1) is 11.5. The molecule has 0 amide bonds. The smallest absolute Gasteiger partial charge is 0.189 e. The summed E-state index contributed by atoms with van der Waals surface area (Å²) < 4.78 is 1.74. The molecule has 136 valence electrons. The minimum Gasteiger partial charge on any atom is -0.313 e. The van der Waals surface area contributed by atoms with E-state index in [4.69, 9.17) is 28.6 Å². The lowest BCUT2D eigenvalue weighted by atomic mass is 9.99. The molecule has 1 N–H and O–H groups in total. The highest BCUT2D eigenvalue weighted by Gasteiger charge is 2.19. The van der Waals surface area contributed by atoms with E-state index in [9.17, 15) is 0 Å². The van der Waals surface area contributed by atoms with Crippen LogP contribution in [-0.2, 0) is 7.05 Å². The molecule has 3 rings (SSSR count). The van der Waals surface area contributed by atoms with Gasteiger partial charge in [0.25, 0.3) is 0 Å². The second kappa shape index (κ2) is 9.41. The summed E-state index contributed by atoms with van der Waals surface area (Å²) in [5.74, 6) is 0. The molecule has 1 aliphatic rings. The molecule has 0 bridgehead atoms. The van der Waals surface area contributed by atoms with Gasteiger partial charge in [0.05, 0.1) is 0 Å². The van der Waals surface area contributed by atoms with Crippen molar-refractivity contribution in [1.29, 1.82) is 5.41 Å². The number of allylic oxidation sites excluding steroid dienone is 4. The molecule has 0 aliphatic heterocycles. The van der Waals surface area contributed by atoms with Crippen LogP contribution in [0.2, 0.25) is 0 Å². The Morgan fingerprint density at radius 1 is 1.28 bits per heavy atom. The van der Waals surface area contributed by atoms with Crippen molar-refractivity contribution in [3.8, 4) is 0 Å². The van der Waals surface area contributed by atoms with Crippen LogP contribution in [0.25, 0.3) is 16.6 Å². The third kappa shape index (κ3) is 4.27. The van der Waals surface area contributed by atoms with E-state index in [1.54, 1.807) is 10.8 Å². The van der Waals surface area contributed by atoms with Crippen molar-refractivity contribution < 1.29 is 0 Å². The Morgan fingerprint density at radius 2 is 1.96 bits per heavy atom. The van der Waals surface area contributed by atoms with Gasteiger partial charge in [0, 0.05) is 39.8 Å². The van der Waals surface area contributed by atoms with Crippen LogP contribution >= 0.6 is 35.0 Å². The summed E-state index contributed by atoms with van der Waals surface area (Å²) in [4.78, 5) is 8.78. The van der Waals surface area contributed by atoms with E-state index in [0.29, 0.717) is 26.3 Å². The Labute approximate surface area is 163 Å². The van der Waals surface area contributed by atoms with Crippen LogP contribution < -0.4 is 5.49 Å². The van der Waals surface area contributed by atoms with Gasteiger partial charge in [0.1, 0.15) is 11.1 Å². The zero-order valence-electron chi connectivity index (χ0n) is 14.2. The molecule has 2 aromatic heterocycles. The molecule has 0 atom stereocenters. The highest BCUT2D eigenvalue weighted by molar-refractivity contribution is 7.98. The van der Waals surface area contributed by atoms with Crippen molar-refractivity contribution in [3.63, 3.8) is 0 Å². The first kappa shape index (κ1) is 21.7. The predicted octanol–water partition coefficient (Wildman–Crippen LogP) is 5.70. The van der Waals surface area contributed by atoms with Gasteiger partial charge in [0.15, 0.2) is 5.16 Å². The summed E-state index contributed by atoms with van der Waals surface area (Å²) in [7, 11) is 1.82. The van der Waals surface area contributed by atoms with Crippen molar-refractivity contribution in [1.82, 2.24) is 14.5 Å². The average molecular weight is 399 g/mol. The van der Waals surface area contributed by atoms with Crippen LogP contribution in [0.1, 0.15) is 39.7 Å². The maximum absolute atomic E-state index is 8.44. The van der Waals surface area contributed by atoms with Crippen LogP contribution in [0.5, 0.6) is 0 Å². The van der Waals surface area contributed by atoms with Gasteiger partial charge in [-0.1, -0.05) is 62.3 Å². The normalized spacial score (nSPS) is 13.8. The second-order valence-electron chi connectivity index (χ2n) is 4.97. The second-order valence-corrected chi connectivity index (χ2v) is 6.61. The summed E-state index contributed by atoms with van der Waals surface area (Å²) in [5.41, 5.74) is 2.51. The Hall–Kier alpha value is -1.30. The van der Waals surface area contributed by atoms with E-state index in [-0.39, 0.29) is 7.43 Å². The van der Waals surface area contributed by atoms with Gasteiger partial charge >= 0.3 is 0 Å². The molecule has 0 radical (unpaired) electrons. The van der Waals surface area contributed by atoms with Crippen molar-refractivity contribution in [2.75, 3.05) is 6.26 Å². The molecule has 0 unspecified atom stereocenters. The molecule has 0 spiro atoms. The Balaban J connectivity index is 0.00000101. The lowest BCUT2D eigenvalue weighted by molar-refractivity contribution is 0.819. The number of fused-ring (bicyclic) bond motifs is 1. The molecule has 0 saturated heterocycles. The quantitative estimate of drug-likeness (QED) is 0.521. The van der Waals surface area contributed by atoms with E-state index < -0.39 is 0 Å². The lowest BCUT2D eigenvalue weighted by Crippen LogP contribution is -2.22. The molecule has 0 fully saturated rings. The van der Waals surface area contributed by atoms with E-state index in [1.807, 2.05) is 39.3 Å². The van der Waals surface area contributed by atoms with E-state index in [1.165, 1.54) is 11.8 Å². The monoisotopic (exact) mass is 398 g/mol. The zero-order valence-corrected chi connectivity index (χ0v) is 16.5. The summed E-state index contributed by atoms with van der Waals surface area (Å²) in [6.45, 7) is 4.00. The van der Waals surface area contributed by atoms with Crippen molar-refractivity contribution >= 4 is 51.6 Å². The summed E-state index contributed by atoms with van der Waals surface area (Å²) in [5, 5.41) is 11.3. The molecule has 0 aromatic carbocycles. The van der Waals surface area contributed by atoms with E-state index in [2.05, 4.69) is 9.97 Å². The minimum atomic E-state index is 0. The number of rotatable bonds is 2. The van der Waals surface area contributed by atoms with Crippen LogP contribution in [0.15, 0.2) is 33.6 Å². The third-order valence-electron chi connectivity index (χ3n) is 3.63. The standard InChI is InChI=1S/C15H14Cl2N4S.C2H6.CH4/c1-21-13(18)9(12-10(16)4-3-5-11(12)17)6-8-7-19-15(22-2)20-14(8)21;1-2;/h4,6-7,18H,3,5H2,1-2H3;1-2H3;1H4. The number of nitrogens with zero attached hydrogens (tertiary/aromatic N) is 3. The van der Waals surface area contributed by atoms with Crippen molar-refractivity contribution in [2.24, 2.45) is 7.05 Å². The highest BCUT2D eigenvalue weighted by Crippen LogP contribution is 2.36. The molecule has 7 heteroatoms. The maximum atomic E-state index is 8.44. The number of aromatic nitrogens is 3. The fraction of sp³-hybridized carbons (Fsp3) is 0.389. The number of nitrogens with one attached hydrogen (secondary N) is 1. The summed E-state index contributed by atoms with van der Waals surface area (Å²) >= 11 is 14.2. The number of hydrogen-bond acceptors (Lipinski definition) is 4. The number of thioether (sulfide) groups is 1. The number of halogens is 2. The van der Waals surface area contributed by atoms with Gasteiger partial charge in [-0.3, -0.25) is 5.41 Å². The van der Waals surface area contributed by atoms with Gasteiger partial charge in [-0.25, -0.2) is 9.97 Å². The minimum absolute atomic E-state index is 0. The average Bonchev–Trinajstić information content (AvgIpc) is 2.60. The van der Waals surface area contributed by atoms with Crippen LogP contribution in [0.4, 0.5) is 0 Å². The molecule has 4 nitrogen and oxygen atoms in total. The Bertz CT molecular complexity index is 885. The van der Waals surface area contributed by atoms with Gasteiger partial charge in [-0.05, 0) is 25.2 Å². The summed E-state index contributed by atoms with van der Waals surface area (Å²) in [6, 6.07) is 1.89. The summed E-state index contributed by atoms with van der Waals surface area (Å²) in [6.07, 6.45) is 7.21. The lowest BCUT2D eigenvalue weighted by Gasteiger charge is -2.17. The Morgan fingerprint density at radius 3 is 2.56 bits per heavy atom. The van der Waals surface area contributed by atoms with Gasteiger partial charge in [0.2, 0.25) is 0 Å². The van der Waals surface area contributed by atoms with Crippen LogP contribution in [0.3, 0.4) is 0 Å². The molecule has 0 saturated carbocycles. The topological polar surface area (TPSA) is 54.6 Å². The first-order valence-electron chi connectivity index (χ1n) is 7.73. The first-order valence-corrected chi connectivity index (χ1v) is 9.71. The van der Waals surface area contributed by atoms with E-state index in [0.717, 1.165) is 29.4 Å². The van der Waals surface area contributed by atoms with Crippen LogP contribution in [0, 0.1) is 5.41 Å². The maximum Gasteiger partial charge on any atom is 0.189 e.